The Balaban J connectivity index is 1.84. The first-order valence-corrected chi connectivity index (χ1v) is 9.90. The van der Waals surface area contributed by atoms with Crippen LogP contribution in [-0.2, 0) is 9.47 Å². The normalized spacial score (nSPS) is 20.2. The number of hydrogen-bond donors (Lipinski definition) is 0. The second kappa shape index (κ2) is 12.3. The van der Waals surface area contributed by atoms with Crippen molar-refractivity contribution < 1.29 is 9.47 Å². The van der Waals surface area contributed by atoms with Crippen molar-refractivity contribution in [3.8, 4) is 0 Å². The van der Waals surface area contributed by atoms with Crippen LogP contribution in [-0.4, -0.2) is 75.8 Å². The molecule has 0 saturated carbocycles. The minimum Gasteiger partial charge on any atom is -0.479 e. The van der Waals surface area contributed by atoms with Gasteiger partial charge in [0, 0.05) is 56.0 Å². The zero-order chi connectivity index (χ0) is 18.6. The van der Waals surface area contributed by atoms with Crippen LogP contribution in [0.4, 0.5) is 0 Å². The lowest BCUT2D eigenvalue weighted by molar-refractivity contribution is 0.136. The number of aliphatic imine (C=N–C) groups is 1. The van der Waals surface area contributed by atoms with E-state index in [1.165, 1.54) is 0 Å². The van der Waals surface area contributed by atoms with Crippen LogP contribution in [0.2, 0.25) is 0 Å². The molecule has 2 aliphatic rings. The van der Waals surface area contributed by atoms with E-state index in [9.17, 15) is 0 Å². The predicted molar refractivity (Wildman–Crippen MR) is 109 cm³/mol. The molecule has 0 aromatic rings. The van der Waals surface area contributed by atoms with Crippen LogP contribution in [0.5, 0.6) is 0 Å². The summed E-state index contributed by atoms with van der Waals surface area (Å²) in [6.45, 7) is 6.31. The van der Waals surface area contributed by atoms with Gasteiger partial charge in [-0.3, -0.25) is 4.90 Å². The lowest BCUT2D eigenvalue weighted by Gasteiger charge is -2.19. The van der Waals surface area contributed by atoms with E-state index in [1.54, 1.807) is 0 Å². The summed E-state index contributed by atoms with van der Waals surface area (Å²) in [6, 6.07) is 0. The number of halogens is 1. The molecule has 5 nitrogen and oxygen atoms in total. The summed E-state index contributed by atoms with van der Waals surface area (Å²) < 4.78 is 11.4. The summed E-state index contributed by atoms with van der Waals surface area (Å²) in [5, 5.41) is 0.748. The maximum atomic E-state index is 6.43. The van der Waals surface area contributed by atoms with Gasteiger partial charge in [-0.25, -0.2) is 4.99 Å². The molecular weight excluding hydrogens is 350 g/mol. The standard InChI is InChI=1S/C20H32ClN3O2/c1-23(2)10-5-8-19(21)18-7-3-4-9-20(22-17-18)26-16-13-24-11-6-14-25-15-12-24/h3,7-8,17H,4-6,9-16H2,1-2H3. The van der Waals surface area contributed by atoms with Gasteiger partial charge in [-0.2, -0.15) is 0 Å². The van der Waals surface area contributed by atoms with Crippen molar-refractivity contribution in [2.45, 2.75) is 25.7 Å². The van der Waals surface area contributed by atoms with Crippen molar-refractivity contribution in [1.29, 1.82) is 0 Å². The molecular formula is C20H32ClN3O2. The van der Waals surface area contributed by atoms with Crippen LogP contribution in [0.15, 0.2) is 40.0 Å². The Kier molecular flexibility index (Phi) is 10.00. The Morgan fingerprint density at radius 2 is 2.27 bits per heavy atom. The highest BCUT2D eigenvalue weighted by Gasteiger charge is 2.10. The minimum absolute atomic E-state index is 0.665. The van der Waals surface area contributed by atoms with Crippen LogP contribution in [0.3, 0.4) is 0 Å². The Labute approximate surface area is 163 Å². The first-order chi connectivity index (χ1) is 12.6. The summed E-state index contributed by atoms with van der Waals surface area (Å²) in [4.78, 5) is 9.07. The third-order valence-electron chi connectivity index (χ3n) is 4.34. The molecule has 0 aromatic heterocycles. The predicted octanol–water partition coefficient (Wildman–Crippen LogP) is 3.43. The van der Waals surface area contributed by atoms with Crippen LogP contribution in [0, 0.1) is 0 Å². The molecule has 1 saturated heterocycles. The van der Waals surface area contributed by atoms with Crippen LogP contribution in [0.25, 0.3) is 0 Å². The number of nitrogens with zero attached hydrogens (tertiary/aromatic N) is 3. The topological polar surface area (TPSA) is 37.3 Å². The highest BCUT2D eigenvalue weighted by molar-refractivity contribution is 6.32. The molecule has 146 valence electrons. The molecule has 0 atom stereocenters. The first-order valence-electron chi connectivity index (χ1n) is 9.52. The van der Waals surface area contributed by atoms with Crippen molar-refractivity contribution in [3.05, 3.63) is 35.0 Å². The van der Waals surface area contributed by atoms with Crippen molar-refractivity contribution in [2.75, 3.05) is 60.1 Å². The number of allylic oxidation sites excluding steroid dienone is 4. The van der Waals surface area contributed by atoms with E-state index in [2.05, 4.69) is 41.0 Å². The molecule has 0 spiro atoms. The van der Waals surface area contributed by atoms with E-state index < -0.39 is 0 Å². The lowest BCUT2D eigenvalue weighted by Crippen LogP contribution is -2.30. The average molecular weight is 382 g/mol. The third-order valence-corrected chi connectivity index (χ3v) is 4.71. The van der Waals surface area contributed by atoms with Crippen LogP contribution >= 0.6 is 11.6 Å². The fraction of sp³-hybridized carbons (Fsp3) is 0.650. The van der Waals surface area contributed by atoms with E-state index in [-0.39, 0.29) is 0 Å². The van der Waals surface area contributed by atoms with Crippen molar-refractivity contribution in [2.24, 2.45) is 4.99 Å². The lowest BCUT2D eigenvalue weighted by atomic mass is 10.1. The molecule has 0 aliphatic carbocycles. The average Bonchev–Trinajstić information content (AvgIpc) is 2.85. The third kappa shape index (κ3) is 8.49. The van der Waals surface area contributed by atoms with E-state index in [1.807, 2.05) is 12.3 Å². The zero-order valence-corrected chi connectivity index (χ0v) is 16.9. The molecule has 2 heterocycles. The van der Waals surface area contributed by atoms with E-state index in [0.717, 1.165) is 81.6 Å². The summed E-state index contributed by atoms with van der Waals surface area (Å²) in [7, 11) is 4.12. The molecule has 0 amide bonds. The summed E-state index contributed by atoms with van der Waals surface area (Å²) in [6.07, 6.45) is 11.8. The molecule has 0 N–H and O–H groups in total. The van der Waals surface area contributed by atoms with Gasteiger partial charge in [0.05, 0.1) is 6.61 Å². The van der Waals surface area contributed by atoms with Crippen molar-refractivity contribution in [1.82, 2.24) is 9.80 Å². The monoisotopic (exact) mass is 381 g/mol. The molecule has 0 bridgehead atoms. The summed E-state index contributed by atoms with van der Waals surface area (Å²) in [5.74, 6) is 0.788. The first kappa shape index (κ1) is 21.2. The number of ether oxygens (including phenoxy) is 2. The molecule has 0 aromatic carbocycles. The highest BCUT2D eigenvalue weighted by atomic mass is 35.5. The summed E-state index contributed by atoms with van der Waals surface area (Å²) >= 11 is 6.43. The van der Waals surface area contributed by atoms with Crippen molar-refractivity contribution >= 4 is 17.5 Å². The van der Waals surface area contributed by atoms with E-state index >= 15 is 0 Å². The second-order valence-electron chi connectivity index (χ2n) is 6.85. The van der Waals surface area contributed by atoms with Gasteiger partial charge < -0.3 is 14.4 Å². The second-order valence-corrected chi connectivity index (χ2v) is 7.26. The van der Waals surface area contributed by atoms with Gasteiger partial charge in [-0.1, -0.05) is 29.8 Å². The molecule has 2 aliphatic heterocycles. The molecule has 0 radical (unpaired) electrons. The maximum absolute atomic E-state index is 6.43. The fourth-order valence-corrected chi connectivity index (χ4v) is 3.02. The molecule has 26 heavy (non-hydrogen) atoms. The maximum Gasteiger partial charge on any atom is 0.188 e. The molecule has 0 unspecified atom stereocenters. The summed E-state index contributed by atoms with van der Waals surface area (Å²) in [5.41, 5.74) is 0.941. The van der Waals surface area contributed by atoms with E-state index in [0.29, 0.717) is 6.61 Å². The SMILES string of the molecule is CN(C)CCC=C(Cl)C1=CN=C(OCCN2CCCOCC2)CCC=C1. The highest BCUT2D eigenvalue weighted by Crippen LogP contribution is 2.19. The van der Waals surface area contributed by atoms with Gasteiger partial charge in [-0.15, -0.1) is 0 Å². The van der Waals surface area contributed by atoms with Crippen LogP contribution < -0.4 is 0 Å². The smallest absolute Gasteiger partial charge is 0.188 e. The quantitative estimate of drug-likeness (QED) is 0.677. The van der Waals surface area contributed by atoms with Gasteiger partial charge in [0.2, 0.25) is 0 Å². The van der Waals surface area contributed by atoms with Crippen molar-refractivity contribution in [3.63, 3.8) is 0 Å². The Bertz CT molecular complexity index is 533. The zero-order valence-electron chi connectivity index (χ0n) is 16.1. The number of rotatable bonds is 7. The van der Waals surface area contributed by atoms with Gasteiger partial charge in [0.1, 0.15) is 6.61 Å². The van der Waals surface area contributed by atoms with Gasteiger partial charge >= 0.3 is 0 Å². The van der Waals surface area contributed by atoms with E-state index in [4.69, 9.17) is 21.1 Å². The Hall–Kier alpha value is -1.14. The fourth-order valence-electron chi connectivity index (χ4n) is 2.80. The molecule has 1 fully saturated rings. The minimum atomic E-state index is 0.665. The van der Waals surface area contributed by atoms with Gasteiger partial charge in [0.25, 0.3) is 0 Å². The largest absolute Gasteiger partial charge is 0.479 e. The van der Waals surface area contributed by atoms with Gasteiger partial charge in [-0.05, 0) is 33.4 Å². The van der Waals surface area contributed by atoms with Crippen LogP contribution in [0.1, 0.15) is 25.7 Å². The molecule has 2 rings (SSSR count). The Morgan fingerprint density at radius 1 is 1.38 bits per heavy atom. The molecule has 6 heteroatoms. The Morgan fingerprint density at radius 3 is 3.12 bits per heavy atom. The van der Waals surface area contributed by atoms with Gasteiger partial charge in [0.15, 0.2) is 5.90 Å². The number of hydrogen-bond acceptors (Lipinski definition) is 5.